The standard InChI is InChI=1S/C16H21F3N6O2S2/c1-3-22-29(26,27)25-6-4-11(5-7-25)23-15-21-8-12(16(17,18)19)14(24-15)13-9-20-10(2)28-13/h8-9,11,22H,3-7H2,1-2H3,(H,21,23,24). The van der Waals surface area contributed by atoms with Crippen molar-refractivity contribution in [3.8, 4) is 10.6 Å². The second-order valence-corrected chi connectivity index (χ2v) is 9.51. The van der Waals surface area contributed by atoms with Crippen molar-refractivity contribution in [1.29, 1.82) is 0 Å². The van der Waals surface area contributed by atoms with Crippen LogP contribution in [-0.4, -0.2) is 53.4 Å². The summed E-state index contributed by atoms with van der Waals surface area (Å²) in [5, 5.41) is 3.67. The van der Waals surface area contributed by atoms with Crippen molar-refractivity contribution < 1.29 is 21.6 Å². The fraction of sp³-hybridized carbons (Fsp3) is 0.562. The Labute approximate surface area is 170 Å². The van der Waals surface area contributed by atoms with Crippen LogP contribution in [0.2, 0.25) is 0 Å². The van der Waals surface area contributed by atoms with Crippen molar-refractivity contribution in [3.63, 3.8) is 0 Å². The van der Waals surface area contributed by atoms with Crippen molar-refractivity contribution >= 4 is 27.5 Å². The molecule has 0 bridgehead atoms. The molecule has 3 rings (SSSR count). The lowest BCUT2D eigenvalue weighted by Crippen LogP contribution is -2.47. The maximum Gasteiger partial charge on any atom is 0.420 e. The van der Waals surface area contributed by atoms with Gasteiger partial charge in [-0.2, -0.15) is 25.9 Å². The summed E-state index contributed by atoms with van der Waals surface area (Å²) in [4.78, 5) is 12.2. The van der Waals surface area contributed by atoms with E-state index in [4.69, 9.17) is 0 Å². The Morgan fingerprint density at radius 3 is 2.48 bits per heavy atom. The van der Waals surface area contributed by atoms with Gasteiger partial charge in [-0.1, -0.05) is 6.92 Å². The largest absolute Gasteiger partial charge is 0.420 e. The Hall–Kier alpha value is -1.83. The summed E-state index contributed by atoms with van der Waals surface area (Å²) >= 11 is 1.12. The minimum absolute atomic E-state index is 0.0760. The third-order valence-electron chi connectivity index (χ3n) is 4.40. The van der Waals surface area contributed by atoms with Gasteiger partial charge in [-0.05, 0) is 19.8 Å². The molecule has 0 radical (unpaired) electrons. The highest BCUT2D eigenvalue weighted by atomic mass is 32.2. The van der Waals surface area contributed by atoms with E-state index in [2.05, 4.69) is 25.0 Å². The molecule has 2 N–H and O–H groups in total. The van der Waals surface area contributed by atoms with E-state index in [-0.39, 0.29) is 17.7 Å². The van der Waals surface area contributed by atoms with E-state index in [0.717, 1.165) is 17.5 Å². The molecule has 160 valence electrons. The summed E-state index contributed by atoms with van der Waals surface area (Å²) < 4.78 is 68.0. The first kappa shape index (κ1) is 21.9. The highest BCUT2D eigenvalue weighted by Crippen LogP contribution is 2.38. The number of nitrogens with one attached hydrogen (secondary N) is 2. The number of halogens is 3. The van der Waals surface area contributed by atoms with E-state index < -0.39 is 21.9 Å². The minimum Gasteiger partial charge on any atom is -0.351 e. The van der Waals surface area contributed by atoms with Gasteiger partial charge in [0.15, 0.2) is 0 Å². The second-order valence-electron chi connectivity index (χ2n) is 6.52. The summed E-state index contributed by atoms with van der Waals surface area (Å²) in [6.45, 7) is 4.32. The van der Waals surface area contributed by atoms with Crippen molar-refractivity contribution in [2.45, 2.75) is 38.9 Å². The molecule has 0 amide bonds. The maximum atomic E-state index is 13.4. The Balaban J connectivity index is 1.76. The summed E-state index contributed by atoms with van der Waals surface area (Å²) in [5.41, 5.74) is -1.13. The lowest BCUT2D eigenvalue weighted by atomic mass is 10.1. The zero-order chi connectivity index (χ0) is 21.2. The van der Waals surface area contributed by atoms with Gasteiger partial charge >= 0.3 is 6.18 Å². The van der Waals surface area contributed by atoms with Crippen LogP contribution in [0.15, 0.2) is 12.4 Å². The minimum atomic E-state index is -4.59. The van der Waals surface area contributed by atoms with Crippen LogP contribution in [0.5, 0.6) is 0 Å². The monoisotopic (exact) mass is 450 g/mol. The van der Waals surface area contributed by atoms with Gasteiger partial charge in [0, 0.05) is 38.1 Å². The fourth-order valence-electron chi connectivity index (χ4n) is 3.01. The quantitative estimate of drug-likeness (QED) is 0.702. The van der Waals surface area contributed by atoms with Gasteiger partial charge in [0.25, 0.3) is 10.2 Å². The number of hydrogen-bond acceptors (Lipinski definition) is 7. The molecule has 29 heavy (non-hydrogen) atoms. The molecule has 1 fully saturated rings. The SMILES string of the molecule is CCNS(=O)(=O)N1CCC(Nc2ncc(C(F)(F)F)c(-c3cnc(C)s3)n2)CC1. The molecule has 3 heterocycles. The van der Waals surface area contributed by atoms with Crippen LogP contribution in [0, 0.1) is 6.92 Å². The first-order valence-corrected chi connectivity index (χ1v) is 11.2. The summed E-state index contributed by atoms with van der Waals surface area (Å²) in [7, 11) is -3.50. The molecule has 1 saturated heterocycles. The van der Waals surface area contributed by atoms with Crippen LogP contribution in [0.4, 0.5) is 19.1 Å². The average molecular weight is 451 g/mol. The zero-order valence-corrected chi connectivity index (χ0v) is 17.5. The Morgan fingerprint density at radius 2 is 1.93 bits per heavy atom. The smallest absolute Gasteiger partial charge is 0.351 e. The average Bonchev–Trinajstić information content (AvgIpc) is 3.07. The van der Waals surface area contributed by atoms with Crippen LogP contribution < -0.4 is 10.0 Å². The van der Waals surface area contributed by atoms with Gasteiger partial charge in [0.05, 0.1) is 15.6 Å². The molecule has 0 atom stereocenters. The molecule has 8 nitrogen and oxygen atoms in total. The zero-order valence-electron chi connectivity index (χ0n) is 15.8. The van der Waals surface area contributed by atoms with Crippen LogP contribution in [0.1, 0.15) is 30.3 Å². The highest BCUT2D eigenvalue weighted by molar-refractivity contribution is 7.87. The van der Waals surface area contributed by atoms with Gasteiger partial charge in [0.1, 0.15) is 5.56 Å². The molecule has 1 aliphatic heterocycles. The van der Waals surface area contributed by atoms with Crippen LogP contribution >= 0.6 is 11.3 Å². The Kier molecular flexibility index (Phi) is 6.41. The van der Waals surface area contributed by atoms with Crippen LogP contribution in [-0.2, 0) is 16.4 Å². The van der Waals surface area contributed by atoms with Gasteiger partial charge < -0.3 is 5.32 Å². The van der Waals surface area contributed by atoms with Gasteiger partial charge in [0.2, 0.25) is 5.95 Å². The van der Waals surface area contributed by atoms with Gasteiger partial charge in [-0.25, -0.2) is 19.7 Å². The first-order chi connectivity index (χ1) is 13.6. The van der Waals surface area contributed by atoms with Gasteiger partial charge in [-0.3, -0.25) is 0 Å². The summed E-state index contributed by atoms with van der Waals surface area (Å²) in [5.74, 6) is 0.0760. The molecular weight excluding hydrogens is 429 g/mol. The third kappa shape index (κ3) is 5.21. The van der Waals surface area contributed by atoms with E-state index in [1.165, 1.54) is 10.5 Å². The van der Waals surface area contributed by atoms with E-state index in [1.807, 2.05) is 0 Å². The van der Waals surface area contributed by atoms with Gasteiger partial charge in [-0.15, -0.1) is 11.3 Å². The molecule has 0 saturated carbocycles. The number of nitrogens with zero attached hydrogens (tertiary/aromatic N) is 4. The number of rotatable bonds is 6. The number of thiazole rings is 1. The molecule has 13 heteroatoms. The van der Waals surface area contributed by atoms with E-state index in [1.54, 1.807) is 13.8 Å². The maximum absolute atomic E-state index is 13.4. The lowest BCUT2D eigenvalue weighted by Gasteiger charge is -2.31. The first-order valence-electron chi connectivity index (χ1n) is 8.98. The molecule has 1 aliphatic rings. The number of aryl methyl sites for hydroxylation is 1. The van der Waals surface area contributed by atoms with E-state index in [9.17, 15) is 21.6 Å². The third-order valence-corrected chi connectivity index (χ3v) is 7.02. The fourth-order valence-corrected chi connectivity index (χ4v) is 5.03. The van der Waals surface area contributed by atoms with Crippen molar-refractivity contribution in [1.82, 2.24) is 24.0 Å². The van der Waals surface area contributed by atoms with Crippen molar-refractivity contribution in [3.05, 3.63) is 23.0 Å². The predicted octanol–water partition coefficient (Wildman–Crippen LogP) is 2.66. The molecule has 2 aromatic rings. The molecule has 0 unspecified atom stereocenters. The molecule has 2 aromatic heterocycles. The van der Waals surface area contributed by atoms with Crippen LogP contribution in [0.3, 0.4) is 0 Å². The number of aromatic nitrogens is 3. The normalized spacial score (nSPS) is 16.9. The lowest BCUT2D eigenvalue weighted by molar-refractivity contribution is -0.137. The number of hydrogen-bond donors (Lipinski definition) is 2. The molecule has 0 spiro atoms. The molecule has 0 aromatic carbocycles. The molecule has 0 aliphatic carbocycles. The highest BCUT2D eigenvalue weighted by Gasteiger charge is 2.36. The van der Waals surface area contributed by atoms with Crippen molar-refractivity contribution in [2.75, 3.05) is 25.0 Å². The number of anilines is 1. The topological polar surface area (TPSA) is 100 Å². The second kappa shape index (κ2) is 8.50. The Morgan fingerprint density at radius 1 is 1.24 bits per heavy atom. The number of piperidine rings is 1. The van der Waals surface area contributed by atoms with E-state index in [0.29, 0.717) is 42.4 Å². The Bertz CT molecular complexity index is 956. The summed E-state index contributed by atoms with van der Waals surface area (Å²) in [6, 6.07) is -0.143. The number of alkyl halides is 3. The predicted molar refractivity (Wildman–Crippen MR) is 104 cm³/mol. The molecular formula is C16H21F3N6O2S2. The van der Waals surface area contributed by atoms with E-state index >= 15 is 0 Å². The summed E-state index contributed by atoms with van der Waals surface area (Å²) in [6.07, 6.45) is -1.47. The van der Waals surface area contributed by atoms with Crippen molar-refractivity contribution in [2.24, 2.45) is 0 Å². The van der Waals surface area contributed by atoms with Crippen LogP contribution in [0.25, 0.3) is 10.6 Å².